The molecule has 1 aliphatic heterocycles. The van der Waals surface area contributed by atoms with Gasteiger partial charge in [-0.15, -0.1) is 0 Å². The molecule has 1 saturated heterocycles. The number of carbonyl (C=O) groups excluding carboxylic acids is 1. The summed E-state index contributed by atoms with van der Waals surface area (Å²) in [6.07, 6.45) is 1.98. The second kappa shape index (κ2) is 6.40. The van der Waals surface area contributed by atoms with Crippen LogP contribution in [0.5, 0.6) is 0 Å². The van der Waals surface area contributed by atoms with Crippen molar-refractivity contribution < 1.29 is 23.9 Å². The molecular weight excluding hydrogens is 268 g/mol. The smallest absolute Gasteiger partial charge is 0.305 e. The van der Waals surface area contributed by atoms with Gasteiger partial charge < -0.3 is 14.2 Å². The molecule has 0 radical (unpaired) electrons. The van der Waals surface area contributed by atoms with E-state index in [1.807, 2.05) is 0 Å². The van der Waals surface area contributed by atoms with Crippen molar-refractivity contribution in [1.29, 1.82) is 0 Å². The van der Waals surface area contributed by atoms with Crippen LogP contribution in [0, 0.1) is 16.0 Å². The first kappa shape index (κ1) is 14.4. The molecule has 1 fully saturated rings. The van der Waals surface area contributed by atoms with Gasteiger partial charge in [-0.3, -0.25) is 19.9 Å². The van der Waals surface area contributed by atoms with E-state index < -0.39 is 11.2 Å². The van der Waals surface area contributed by atoms with E-state index in [0.717, 1.165) is 6.20 Å². The fraction of sp³-hybridized carbons (Fsp3) is 0.500. The third-order valence-corrected chi connectivity index (χ3v) is 2.93. The minimum atomic E-state index is -0.813. The van der Waals surface area contributed by atoms with Gasteiger partial charge in [0.05, 0.1) is 37.2 Å². The molecule has 8 heteroatoms. The van der Waals surface area contributed by atoms with Crippen LogP contribution in [-0.4, -0.2) is 36.2 Å². The zero-order valence-electron chi connectivity index (χ0n) is 10.9. The number of nitrogens with zero attached hydrogens (tertiary/aromatic N) is 2. The number of ether oxygens (including phenoxy) is 3. The maximum absolute atomic E-state index is 11.1. The highest BCUT2D eigenvalue weighted by Gasteiger charge is 2.30. The average molecular weight is 282 g/mol. The molecule has 0 bridgehead atoms. The lowest BCUT2D eigenvalue weighted by Crippen LogP contribution is -2.29. The molecule has 108 valence electrons. The number of aromatic nitrogens is 1. The Kier molecular flexibility index (Phi) is 4.59. The van der Waals surface area contributed by atoms with Crippen LogP contribution in [0.2, 0.25) is 0 Å². The topological polar surface area (TPSA) is 101 Å². The lowest BCUT2D eigenvalue weighted by atomic mass is 10.1. The van der Waals surface area contributed by atoms with Gasteiger partial charge in [-0.2, -0.15) is 0 Å². The van der Waals surface area contributed by atoms with Gasteiger partial charge in [-0.25, -0.2) is 0 Å². The molecule has 0 aliphatic carbocycles. The van der Waals surface area contributed by atoms with Crippen molar-refractivity contribution >= 4 is 11.7 Å². The monoisotopic (exact) mass is 282 g/mol. The van der Waals surface area contributed by atoms with Gasteiger partial charge in [0.25, 0.3) is 5.69 Å². The van der Waals surface area contributed by atoms with Crippen LogP contribution in [0.4, 0.5) is 5.69 Å². The number of hydrogen-bond acceptors (Lipinski definition) is 7. The second-order valence-corrected chi connectivity index (χ2v) is 4.34. The summed E-state index contributed by atoms with van der Waals surface area (Å²) in [5, 5.41) is 10.9. The van der Waals surface area contributed by atoms with Crippen molar-refractivity contribution in [2.24, 2.45) is 5.92 Å². The number of carbonyl (C=O) groups is 1. The molecule has 0 spiro atoms. The molecule has 0 unspecified atom stereocenters. The third-order valence-electron chi connectivity index (χ3n) is 2.93. The lowest BCUT2D eigenvalue weighted by Gasteiger charge is -2.28. The molecule has 0 atom stereocenters. The first-order chi connectivity index (χ1) is 9.61. The van der Waals surface area contributed by atoms with E-state index in [2.05, 4.69) is 9.72 Å². The minimum Gasteiger partial charge on any atom is -0.469 e. The summed E-state index contributed by atoms with van der Waals surface area (Å²) in [5.74, 6) is -0.449. The summed E-state index contributed by atoms with van der Waals surface area (Å²) in [4.78, 5) is 25.2. The van der Waals surface area contributed by atoms with Crippen LogP contribution in [0.25, 0.3) is 0 Å². The number of methoxy groups -OCH3 is 1. The SMILES string of the molecule is COC(=O)CC1COC(c2ccncc2[N+](=O)[O-])OC1. The molecule has 8 nitrogen and oxygen atoms in total. The Morgan fingerprint density at radius 1 is 1.55 bits per heavy atom. The zero-order valence-corrected chi connectivity index (χ0v) is 10.9. The molecule has 2 rings (SSSR count). The molecule has 1 aliphatic rings. The largest absolute Gasteiger partial charge is 0.469 e. The molecule has 2 heterocycles. The van der Waals surface area contributed by atoms with Crippen LogP contribution >= 0.6 is 0 Å². The van der Waals surface area contributed by atoms with Gasteiger partial charge in [0.1, 0.15) is 6.20 Å². The van der Waals surface area contributed by atoms with E-state index in [0.29, 0.717) is 5.56 Å². The van der Waals surface area contributed by atoms with Crippen LogP contribution in [0.15, 0.2) is 18.5 Å². The van der Waals surface area contributed by atoms with E-state index in [4.69, 9.17) is 9.47 Å². The maximum Gasteiger partial charge on any atom is 0.305 e. The highest BCUT2D eigenvalue weighted by Crippen LogP contribution is 2.31. The predicted octanol–water partition coefficient (Wildman–Crippen LogP) is 1.21. The molecule has 1 aromatic rings. The number of rotatable bonds is 4. The summed E-state index contributed by atoms with van der Waals surface area (Å²) in [7, 11) is 1.32. The summed E-state index contributed by atoms with van der Waals surface area (Å²) < 4.78 is 15.5. The zero-order chi connectivity index (χ0) is 14.5. The average Bonchev–Trinajstić information content (AvgIpc) is 2.48. The number of hydrogen-bond donors (Lipinski definition) is 0. The van der Waals surface area contributed by atoms with Gasteiger partial charge >= 0.3 is 5.97 Å². The second-order valence-electron chi connectivity index (χ2n) is 4.34. The first-order valence-corrected chi connectivity index (χ1v) is 6.00. The molecular formula is C12H14N2O6. The minimum absolute atomic E-state index is 0.111. The van der Waals surface area contributed by atoms with Crippen LogP contribution in [0.1, 0.15) is 18.3 Å². The molecule has 1 aromatic heterocycles. The first-order valence-electron chi connectivity index (χ1n) is 6.00. The van der Waals surface area contributed by atoms with E-state index in [-0.39, 0.29) is 37.2 Å². The Morgan fingerprint density at radius 3 is 2.85 bits per heavy atom. The van der Waals surface area contributed by atoms with E-state index in [1.165, 1.54) is 19.4 Å². The summed E-state index contributed by atoms with van der Waals surface area (Å²) in [6.45, 7) is 0.554. The Hall–Kier alpha value is -2.06. The van der Waals surface area contributed by atoms with Gasteiger partial charge in [-0.1, -0.05) is 0 Å². The van der Waals surface area contributed by atoms with Crippen molar-refractivity contribution in [2.45, 2.75) is 12.7 Å². The molecule has 0 N–H and O–H groups in total. The molecule has 0 aromatic carbocycles. The molecule has 0 amide bonds. The Bertz CT molecular complexity index is 498. The standard InChI is InChI=1S/C12H14N2O6/c1-18-11(15)4-8-6-19-12(20-7-8)9-2-3-13-5-10(9)14(16)17/h2-3,5,8,12H,4,6-7H2,1H3. The Labute approximate surface area is 114 Å². The van der Waals surface area contributed by atoms with Crippen LogP contribution in [-0.2, 0) is 19.0 Å². The van der Waals surface area contributed by atoms with E-state index in [1.54, 1.807) is 0 Å². The van der Waals surface area contributed by atoms with Crippen molar-refractivity contribution in [3.05, 3.63) is 34.1 Å². The number of esters is 1. The number of pyridine rings is 1. The number of nitro groups is 1. The van der Waals surface area contributed by atoms with Gasteiger partial charge in [0, 0.05) is 12.1 Å². The van der Waals surface area contributed by atoms with Gasteiger partial charge in [-0.05, 0) is 6.07 Å². The summed E-state index contributed by atoms with van der Waals surface area (Å²) >= 11 is 0. The van der Waals surface area contributed by atoms with Crippen molar-refractivity contribution in [2.75, 3.05) is 20.3 Å². The fourth-order valence-corrected chi connectivity index (χ4v) is 1.91. The van der Waals surface area contributed by atoms with Crippen molar-refractivity contribution in [3.8, 4) is 0 Å². The maximum atomic E-state index is 11.1. The quantitative estimate of drug-likeness (QED) is 0.464. The molecule has 20 heavy (non-hydrogen) atoms. The van der Waals surface area contributed by atoms with Crippen molar-refractivity contribution in [1.82, 2.24) is 4.98 Å². The molecule has 0 saturated carbocycles. The lowest BCUT2D eigenvalue weighted by molar-refractivity contribution is -0.388. The fourth-order valence-electron chi connectivity index (χ4n) is 1.91. The van der Waals surface area contributed by atoms with Gasteiger partial charge in [0.2, 0.25) is 0 Å². The van der Waals surface area contributed by atoms with E-state index >= 15 is 0 Å². The summed E-state index contributed by atoms with van der Waals surface area (Å²) in [5.41, 5.74) is 0.172. The Balaban J connectivity index is 2.01. The van der Waals surface area contributed by atoms with E-state index in [9.17, 15) is 14.9 Å². The Morgan fingerprint density at radius 2 is 2.25 bits per heavy atom. The van der Waals surface area contributed by atoms with Crippen LogP contribution < -0.4 is 0 Å². The predicted molar refractivity (Wildman–Crippen MR) is 65.7 cm³/mol. The van der Waals surface area contributed by atoms with Crippen molar-refractivity contribution in [3.63, 3.8) is 0 Å². The summed E-state index contributed by atoms with van der Waals surface area (Å²) in [6, 6.07) is 1.49. The highest BCUT2D eigenvalue weighted by molar-refractivity contribution is 5.69. The highest BCUT2D eigenvalue weighted by atomic mass is 16.7. The third kappa shape index (κ3) is 3.28. The van der Waals surface area contributed by atoms with Gasteiger partial charge in [0.15, 0.2) is 6.29 Å². The van der Waals surface area contributed by atoms with Crippen LogP contribution in [0.3, 0.4) is 0 Å². The normalized spacial score (nSPS) is 22.2.